The monoisotopic (exact) mass is 396 g/mol. The Morgan fingerprint density at radius 3 is 2.45 bits per heavy atom. The zero-order valence-electron chi connectivity index (χ0n) is 18.0. The minimum absolute atomic E-state index is 0.0554. The molecule has 3 nitrogen and oxygen atoms in total. The third kappa shape index (κ3) is 3.07. The standard InChI is InChI=1S/C26H36O3/c1-25-14-12-19(27)16-18(25)8-9-20-21-10-11-23(26(21,2)15-13-22(20)25)29-24(28)17-6-4-3-5-7-17/h3-7,18-23,27H,8-16H2,1-2H3/t18-,19+,20+,21+,22+,23+,25-,26-/m0/s1. The Morgan fingerprint density at radius 2 is 1.66 bits per heavy atom. The van der Waals surface area contributed by atoms with Gasteiger partial charge in [-0.3, -0.25) is 0 Å². The summed E-state index contributed by atoms with van der Waals surface area (Å²) in [4.78, 5) is 12.7. The molecule has 4 aliphatic rings. The minimum Gasteiger partial charge on any atom is -0.458 e. The number of benzene rings is 1. The van der Waals surface area contributed by atoms with Crippen LogP contribution in [-0.4, -0.2) is 23.3 Å². The van der Waals surface area contributed by atoms with E-state index in [1.807, 2.05) is 30.3 Å². The average molecular weight is 397 g/mol. The summed E-state index contributed by atoms with van der Waals surface area (Å²) in [5.74, 6) is 2.78. The number of rotatable bonds is 2. The van der Waals surface area contributed by atoms with Crippen molar-refractivity contribution in [1.29, 1.82) is 0 Å². The summed E-state index contributed by atoms with van der Waals surface area (Å²) >= 11 is 0. The molecule has 0 saturated heterocycles. The molecular formula is C26H36O3. The lowest BCUT2D eigenvalue weighted by Gasteiger charge is -2.60. The van der Waals surface area contributed by atoms with Crippen LogP contribution in [0.5, 0.6) is 0 Å². The first kappa shape index (κ1) is 19.6. The lowest BCUT2D eigenvalue weighted by molar-refractivity contribution is -0.134. The van der Waals surface area contributed by atoms with Crippen LogP contribution in [0.3, 0.4) is 0 Å². The molecule has 8 atom stereocenters. The maximum absolute atomic E-state index is 12.7. The molecule has 0 aromatic heterocycles. The summed E-state index contributed by atoms with van der Waals surface area (Å²) in [5, 5.41) is 10.2. The van der Waals surface area contributed by atoms with Gasteiger partial charge >= 0.3 is 5.97 Å². The number of aliphatic hydroxyl groups is 1. The van der Waals surface area contributed by atoms with Gasteiger partial charge in [-0.15, -0.1) is 0 Å². The zero-order valence-corrected chi connectivity index (χ0v) is 18.0. The summed E-state index contributed by atoms with van der Waals surface area (Å²) in [6, 6.07) is 9.45. The van der Waals surface area contributed by atoms with E-state index in [-0.39, 0.29) is 23.6 Å². The van der Waals surface area contributed by atoms with E-state index in [9.17, 15) is 9.90 Å². The van der Waals surface area contributed by atoms with E-state index in [0.29, 0.717) is 22.8 Å². The van der Waals surface area contributed by atoms with Crippen molar-refractivity contribution in [2.24, 2.45) is 34.5 Å². The van der Waals surface area contributed by atoms with Gasteiger partial charge in [-0.25, -0.2) is 4.79 Å². The molecule has 0 amide bonds. The number of esters is 1. The second-order valence-electron chi connectivity index (χ2n) is 11.0. The summed E-state index contributed by atoms with van der Waals surface area (Å²) in [6.45, 7) is 4.94. The highest BCUT2D eigenvalue weighted by molar-refractivity contribution is 5.89. The van der Waals surface area contributed by atoms with Gasteiger partial charge in [0.1, 0.15) is 6.10 Å². The molecule has 0 radical (unpaired) electrons. The van der Waals surface area contributed by atoms with Crippen LogP contribution < -0.4 is 0 Å². The first-order valence-electron chi connectivity index (χ1n) is 11.9. The largest absolute Gasteiger partial charge is 0.458 e. The fourth-order valence-corrected chi connectivity index (χ4v) is 8.15. The number of hydrogen-bond donors (Lipinski definition) is 1. The van der Waals surface area contributed by atoms with Crippen molar-refractivity contribution < 1.29 is 14.6 Å². The van der Waals surface area contributed by atoms with Crippen LogP contribution in [0.15, 0.2) is 30.3 Å². The van der Waals surface area contributed by atoms with Crippen LogP contribution in [0, 0.1) is 34.5 Å². The van der Waals surface area contributed by atoms with Crippen molar-refractivity contribution >= 4 is 5.97 Å². The highest BCUT2D eigenvalue weighted by atomic mass is 16.5. The van der Waals surface area contributed by atoms with Crippen molar-refractivity contribution in [3.05, 3.63) is 35.9 Å². The minimum atomic E-state index is -0.156. The van der Waals surface area contributed by atoms with Gasteiger partial charge in [-0.2, -0.15) is 0 Å². The maximum atomic E-state index is 12.7. The first-order chi connectivity index (χ1) is 13.9. The molecule has 1 aromatic carbocycles. The van der Waals surface area contributed by atoms with Crippen molar-refractivity contribution in [2.75, 3.05) is 0 Å². The number of carbonyl (C=O) groups is 1. The number of carbonyl (C=O) groups excluding carboxylic acids is 1. The van der Waals surface area contributed by atoms with Gasteiger partial charge in [0.05, 0.1) is 11.7 Å². The van der Waals surface area contributed by atoms with Crippen LogP contribution in [-0.2, 0) is 4.74 Å². The van der Waals surface area contributed by atoms with Crippen LogP contribution in [0.4, 0.5) is 0 Å². The van der Waals surface area contributed by atoms with Gasteiger partial charge < -0.3 is 9.84 Å². The molecule has 0 spiro atoms. The molecule has 158 valence electrons. The SMILES string of the molecule is C[C@]12CC[C@@H](O)C[C@@H]1CC[C@H]1[C@H]2CC[C@@]2(C)[C@@H]1CC[C@H]2OC(=O)c1ccccc1. The molecule has 4 fully saturated rings. The smallest absolute Gasteiger partial charge is 0.338 e. The number of hydrogen-bond acceptors (Lipinski definition) is 3. The molecular weight excluding hydrogens is 360 g/mol. The summed E-state index contributed by atoms with van der Waals surface area (Å²) in [6.07, 6.45) is 10.4. The number of fused-ring (bicyclic) bond motifs is 5. The van der Waals surface area contributed by atoms with Crippen molar-refractivity contribution in [1.82, 2.24) is 0 Å². The van der Waals surface area contributed by atoms with E-state index >= 15 is 0 Å². The van der Waals surface area contributed by atoms with E-state index in [4.69, 9.17) is 4.74 Å². The van der Waals surface area contributed by atoms with Crippen LogP contribution in [0.2, 0.25) is 0 Å². The van der Waals surface area contributed by atoms with Crippen LogP contribution >= 0.6 is 0 Å². The molecule has 4 saturated carbocycles. The Bertz CT molecular complexity index is 760. The molecule has 0 unspecified atom stereocenters. The van der Waals surface area contributed by atoms with Crippen molar-refractivity contribution in [3.8, 4) is 0 Å². The molecule has 1 aromatic rings. The highest BCUT2D eigenvalue weighted by Crippen LogP contribution is 2.66. The topological polar surface area (TPSA) is 46.5 Å². The summed E-state index contributed by atoms with van der Waals surface area (Å²) in [5.41, 5.74) is 1.20. The van der Waals surface area contributed by atoms with Gasteiger partial charge in [-0.05, 0) is 99.0 Å². The van der Waals surface area contributed by atoms with E-state index in [1.54, 1.807) is 0 Å². The Morgan fingerprint density at radius 1 is 0.931 bits per heavy atom. The Hall–Kier alpha value is -1.35. The van der Waals surface area contributed by atoms with Crippen LogP contribution in [0.25, 0.3) is 0 Å². The molecule has 0 bridgehead atoms. The summed E-state index contributed by atoms with van der Waals surface area (Å²) < 4.78 is 6.12. The Kier molecular flexibility index (Phi) is 4.81. The van der Waals surface area contributed by atoms with E-state index in [2.05, 4.69) is 13.8 Å². The van der Waals surface area contributed by atoms with Gasteiger partial charge in [0.2, 0.25) is 0 Å². The lowest BCUT2D eigenvalue weighted by atomic mass is 9.45. The van der Waals surface area contributed by atoms with Gasteiger partial charge in [0, 0.05) is 5.41 Å². The van der Waals surface area contributed by atoms with Crippen molar-refractivity contribution in [3.63, 3.8) is 0 Å². The van der Waals surface area contributed by atoms with E-state index in [0.717, 1.165) is 31.1 Å². The van der Waals surface area contributed by atoms with Crippen molar-refractivity contribution in [2.45, 2.75) is 83.8 Å². The van der Waals surface area contributed by atoms with E-state index in [1.165, 1.54) is 38.5 Å². The Labute approximate surface area is 175 Å². The number of ether oxygens (including phenoxy) is 1. The molecule has 1 N–H and O–H groups in total. The molecule has 0 heterocycles. The molecule has 0 aliphatic heterocycles. The molecule has 5 rings (SSSR count). The molecule has 4 aliphatic carbocycles. The van der Waals surface area contributed by atoms with Crippen LogP contribution in [0.1, 0.15) is 82.0 Å². The van der Waals surface area contributed by atoms with Gasteiger partial charge in [-0.1, -0.05) is 32.0 Å². The molecule has 3 heteroatoms. The number of aliphatic hydroxyl groups excluding tert-OH is 1. The third-order valence-electron chi connectivity index (χ3n) is 9.81. The first-order valence-corrected chi connectivity index (χ1v) is 11.9. The Balaban J connectivity index is 1.34. The second kappa shape index (κ2) is 7.11. The lowest BCUT2D eigenvalue weighted by Crippen LogP contribution is -2.54. The maximum Gasteiger partial charge on any atom is 0.338 e. The normalized spacial score (nSPS) is 46.3. The fourth-order valence-electron chi connectivity index (χ4n) is 8.15. The quantitative estimate of drug-likeness (QED) is 0.660. The van der Waals surface area contributed by atoms with E-state index < -0.39 is 0 Å². The van der Waals surface area contributed by atoms with Gasteiger partial charge in [0.25, 0.3) is 0 Å². The third-order valence-corrected chi connectivity index (χ3v) is 9.81. The van der Waals surface area contributed by atoms with Gasteiger partial charge in [0.15, 0.2) is 0 Å². The predicted octanol–water partition coefficient (Wildman–Crippen LogP) is 5.62. The predicted molar refractivity (Wildman–Crippen MR) is 113 cm³/mol. The summed E-state index contributed by atoms with van der Waals surface area (Å²) in [7, 11) is 0. The molecule has 29 heavy (non-hydrogen) atoms. The second-order valence-corrected chi connectivity index (χ2v) is 11.0. The average Bonchev–Trinajstić information content (AvgIpc) is 3.05. The zero-order chi connectivity index (χ0) is 20.2. The fraction of sp³-hybridized carbons (Fsp3) is 0.731. The highest BCUT2D eigenvalue weighted by Gasteiger charge is 2.61.